The van der Waals surface area contributed by atoms with Crippen molar-refractivity contribution in [1.29, 1.82) is 0 Å². The van der Waals surface area contributed by atoms with Crippen molar-refractivity contribution in [2.24, 2.45) is 5.92 Å². The molecular formula is C33H34ClNOS. The van der Waals surface area contributed by atoms with Gasteiger partial charge in [-0.25, -0.2) is 4.98 Å². The molecule has 190 valence electrons. The van der Waals surface area contributed by atoms with Gasteiger partial charge in [-0.3, -0.25) is 0 Å². The van der Waals surface area contributed by atoms with Crippen molar-refractivity contribution in [2.75, 3.05) is 11.5 Å². The van der Waals surface area contributed by atoms with Crippen LogP contribution in [-0.4, -0.2) is 21.6 Å². The molecule has 0 radical (unpaired) electrons. The molecule has 0 saturated heterocycles. The molecule has 1 heterocycles. The van der Waals surface area contributed by atoms with Crippen LogP contribution in [0.2, 0.25) is 5.02 Å². The lowest BCUT2D eigenvalue weighted by Gasteiger charge is -2.27. The minimum absolute atomic E-state index is 0.226. The molecule has 1 aliphatic carbocycles. The van der Waals surface area contributed by atoms with Crippen molar-refractivity contribution < 1.29 is 5.11 Å². The first-order valence-electron chi connectivity index (χ1n) is 13.1. The molecule has 1 aliphatic rings. The van der Waals surface area contributed by atoms with E-state index in [1.165, 1.54) is 29.7 Å². The molecule has 0 bridgehead atoms. The van der Waals surface area contributed by atoms with Gasteiger partial charge in [0.1, 0.15) is 0 Å². The first kappa shape index (κ1) is 26.0. The molecule has 1 N–H and O–H groups in total. The van der Waals surface area contributed by atoms with Crippen LogP contribution in [0.3, 0.4) is 0 Å². The average molecular weight is 528 g/mol. The van der Waals surface area contributed by atoms with E-state index in [9.17, 15) is 5.11 Å². The van der Waals surface area contributed by atoms with E-state index in [-0.39, 0.29) is 5.92 Å². The number of rotatable bonds is 10. The molecule has 5 rings (SSSR count). The summed E-state index contributed by atoms with van der Waals surface area (Å²) < 4.78 is 0. The lowest BCUT2D eigenvalue weighted by Crippen LogP contribution is -2.20. The fourth-order valence-electron chi connectivity index (χ4n) is 4.86. The number of thioether (sulfide) groups is 1. The Morgan fingerprint density at radius 3 is 2.62 bits per heavy atom. The average Bonchev–Trinajstić information content (AvgIpc) is 3.71. The van der Waals surface area contributed by atoms with Crippen LogP contribution in [0.15, 0.2) is 78.9 Å². The highest BCUT2D eigenvalue weighted by Gasteiger charge is 2.26. The standard InChI is InChI=1S/C33H34ClNOS/c1-33(2,36)31-9-4-3-8-30(31)29(18-19-37-22-24-10-11-24)26-7-5-6-23(20-26)12-16-28-17-14-25-13-15-27(34)21-32(25)35-28/h3-9,12-17,20-21,24,29,36H,10-11,18-19,22H2,1-2H3. The van der Waals surface area contributed by atoms with Gasteiger partial charge in [-0.05, 0) is 97.1 Å². The van der Waals surface area contributed by atoms with E-state index < -0.39 is 5.60 Å². The van der Waals surface area contributed by atoms with E-state index in [0.717, 1.165) is 45.8 Å². The molecule has 1 fully saturated rings. The number of halogens is 1. The minimum atomic E-state index is -0.891. The first-order chi connectivity index (χ1) is 17.9. The molecule has 37 heavy (non-hydrogen) atoms. The molecule has 2 nitrogen and oxygen atoms in total. The van der Waals surface area contributed by atoms with Gasteiger partial charge in [-0.2, -0.15) is 11.8 Å². The zero-order valence-electron chi connectivity index (χ0n) is 21.5. The summed E-state index contributed by atoms with van der Waals surface area (Å²) >= 11 is 8.24. The Morgan fingerprint density at radius 1 is 1.00 bits per heavy atom. The number of pyridine rings is 1. The van der Waals surface area contributed by atoms with E-state index >= 15 is 0 Å². The van der Waals surface area contributed by atoms with Gasteiger partial charge >= 0.3 is 0 Å². The van der Waals surface area contributed by atoms with Crippen LogP contribution in [0.1, 0.15) is 67.0 Å². The summed E-state index contributed by atoms with van der Waals surface area (Å²) in [7, 11) is 0. The van der Waals surface area contributed by atoms with E-state index in [0.29, 0.717) is 5.02 Å². The Hall–Kier alpha value is -2.59. The van der Waals surface area contributed by atoms with Gasteiger partial charge in [-0.1, -0.05) is 78.3 Å². The van der Waals surface area contributed by atoms with Gasteiger partial charge < -0.3 is 5.11 Å². The van der Waals surface area contributed by atoms with Crippen molar-refractivity contribution in [1.82, 2.24) is 4.98 Å². The molecule has 0 amide bonds. The molecule has 0 aliphatic heterocycles. The third-order valence-electron chi connectivity index (χ3n) is 7.03. The third-order valence-corrected chi connectivity index (χ3v) is 8.50. The molecule has 4 aromatic rings. The van der Waals surface area contributed by atoms with Crippen molar-refractivity contribution in [2.45, 2.75) is 44.6 Å². The number of fused-ring (bicyclic) bond motifs is 1. The highest BCUT2D eigenvalue weighted by atomic mass is 35.5. The summed E-state index contributed by atoms with van der Waals surface area (Å²) in [5.41, 5.74) is 5.56. The predicted octanol–water partition coefficient (Wildman–Crippen LogP) is 8.95. The molecule has 1 aromatic heterocycles. The highest BCUT2D eigenvalue weighted by Crippen LogP contribution is 2.38. The molecule has 4 heteroatoms. The lowest BCUT2D eigenvalue weighted by atomic mass is 9.81. The number of hydrogen-bond donors (Lipinski definition) is 1. The van der Waals surface area contributed by atoms with Crippen molar-refractivity contribution >= 4 is 46.4 Å². The van der Waals surface area contributed by atoms with Crippen molar-refractivity contribution in [3.05, 3.63) is 112 Å². The van der Waals surface area contributed by atoms with Gasteiger partial charge in [0.25, 0.3) is 0 Å². The van der Waals surface area contributed by atoms with Gasteiger partial charge in [0, 0.05) is 16.3 Å². The molecule has 1 atom stereocenters. The van der Waals surface area contributed by atoms with Crippen LogP contribution in [0.25, 0.3) is 23.1 Å². The summed E-state index contributed by atoms with van der Waals surface area (Å²) in [6.45, 7) is 3.77. The second-order valence-corrected chi connectivity index (χ2v) is 12.2. The second kappa shape index (κ2) is 11.4. The smallest absolute Gasteiger partial charge is 0.0843 e. The molecular weight excluding hydrogens is 494 g/mol. The summed E-state index contributed by atoms with van der Waals surface area (Å²) in [5, 5.41) is 12.7. The summed E-state index contributed by atoms with van der Waals surface area (Å²) in [4.78, 5) is 4.76. The highest BCUT2D eigenvalue weighted by molar-refractivity contribution is 7.99. The van der Waals surface area contributed by atoms with E-state index in [1.54, 1.807) is 0 Å². The largest absolute Gasteiger partial charge is 0.386 e. The lowest BCUT2D eigenvalue weighted by molar-refractivity contribution is 0.0773. The minimum Gasteiger partial charge on any atom is -0.386 e. The Balaban J connectivity index is 1.42. The number of benzene rings is 3. The second-order valence-electron chi connectivity index (χ2n) is 10.6. The number of hydrogen-bond acceptors (Lipinski definition) is 3. The zero-order chi connectivity index (χ0) is 25.8. The van der Waals surface area contributed by atoms with E-state index in [1.807, 2.05) is 44.2 Å². The van der Waals surface area contributed by atoms with Gasteiger partial charge in [0.2, 0.25) is 0 Å². The first-order valence-corrected chi connectivity index (χ1v) is 14.6. The van der Waals surface area contributed by atoms with E-state index in [4.69, 9.17) is 16.6 Å². The van der Waals surface area contributed by atoms with E-state index in [2.05, 4.69) is 72.4 Å². The van der Waals surface area contributed by atoms with Gasteiger partial charge in [-0.15, -0.1) is 0 Å². The fraction of sp³-hybridized carbons (Fsp3) is 0.303. The van der Waals surface area contributed by atoms with Crippen LogP contribution in [0.5, 0.6) is 0 Å². The fourth-order valence-corrected chi connectivity index (χ4v) is 6.26. The monoisotopic (exact) mass is 527 g/mol. The maximum atomic E-state index is 10.9. The molecule has 3 aromatic carbocycles. The SMILES string of the molecule is CC(C)(O)c1ccccc1C(CCSCC1CC1)c1cccc(C=Cc2ccc3ccc(Cl)cc3n2)c1. The Morgan fingerprint density at radius 2 is 1.81 bits per heavy atom. The Kier molecular flexibility index (Phi) is 8.04. The summed E-state index contributed by atoms with van der Waals surface area (Å²) in [6, 6.07) is 27.1. The predicted molar refractivity (Wildman–Crippen MR) is 160 cm³/mol. The van der Waals surface area contributed by atoms with Gasteiger partial charge in [0.15, 0.2) is 0 Å². The van der Waals surface area contributed by atoms with Crippen LogP contribution in [0.4, 0.5) is 0 Å². The summed E-state index contributed by atoms with van der Waals surface area (Å²) in [6.07, 6.45) is 8.02. The normalized spacial score (nSPS) is 14.9. The van der Waals surface area contributed by atoms with Gasteiger partial charge in [0.05, 0.1) is 16.8 Å². The molecule has 1 unspecified atom stereocenters. The molecule has 1 saturated carbocycles. The zero-order valence-corrected chi connectivity index (χ0v) is 23.1. The van der Waals surface area contributed by atoms with Crippen molar-refractivity contribution in [3.63, 3.8) is 0 Å². The maximum absolute atomic E-state index is 10.9. The number of aromatic nitrogens is 1. The van der Waals surface area contributed by atoms with Crippen LogP contribution < -0.4 is 0 Å². The quantitative estimate of drug-likeness (QED) is 0.209. The number of aliphatic hydroxyl groups is 1. The molecule has 0 spiro atoms. The van der Waals surface area contributed by atoms with Crippen molar-refractivity contribution in [3.8, 4) is 0 Å². The number of nitrogens with zero attached hydrogens (tertiary/aromatic N) is 1. The van der Waals surface area contributed by atoms with Crippen LogP contribution in [-0.2, 0) is 5.60 Å². The van der Waals surface area contributed by atoms with Crippen LogP contribution >= 0.6 is 23.4 Å². The topological polar surface area (TPSA) is 33.1 Å². The Bertz CT molecular complexity index is 1400. The summed E-state index contributed by atoms with van der Waals surface area (Å²) in [5.74, 6) is 3.54. The Labute approximate surface area is 229 Å². The third kappa shape index (κ3) is 6.84. The van der Waals surface area contributed by atoms with Crippen LogP contribution in [0, 0.1) is 5.92 Å². The maximum Gasteiger partial charge on any atom is 0.0843 e.